The van der Waals surface area contributed by atoms with Crippen molar-refractivity contribution in [2.75, 3.05) is 10.6 Å². The first-order valence-electron chi connectivity index (χ1n) is 7.73. The Morgan fingerprint density at radius 2 is 1.52 bits per heavy atom. The minimum Gasteiger partial charge on any atom is -0.326 e. The molecule has 25 heavy (non-hydrogen) atoms. The number of nitriles is 2. The molecule has 122 valence electrons. The average Bonchev–Trinajstić information content (AvgIpc) is 3.44. The molecule has 2 N–H and O–H groups in total. The Hall–Kier alpha value is -3.64. The molecule has 1 aliphatic rings. The van der Waals surface area contributed by atoms with Crippen LogP contribution < -0.4 is 10.6 Å². The van der Waals surface area contributed by atoms with Gasteiger partial charge in [-0.25, -0.2) is 0 Å². The van der Waals surface area contributed by atoms with Crippen molar-refractivity contribution in [3.8, 4) is 12.1 Å². The van der Waals surface area contributed by atoms with E-state index in [-0.39, 0.29) is 17.7 Å². The summed E-state index contributed by atoms with van der Waals surface area (Å²) >= 11 is 0. The number of anilines is 2. The maximum atomic E-state index is 12.3. The van der Waals surface area contributed by atoms with E-state index in [0.717, 1.165) is 0 Å². The molecule has 6 heteroatoms. The number of para-hydroxylation sites is 1. The molecular weight excluding hydrogens is 316 g/mol. The maximum Gasteiger partial charge on any atom is 0.228 e. The van der Waals surface area contributed by atoms with E-state index in [9.17, 15) is 9.59 Å². The zero-order valence-corrected chi connectivity index (χ0v) is 13.2. The van der Waals surface area contributed by atoms with Gasteiger partial charge in [-0.05, 0) is 42.8 Å². The van der Waals surface area contributed by atoms with Crippen LogP contribution in [0.2, 0.25) is 0 Å². The van der Waals surface area contributed by atoms with Gasteiger partial charge in [0.2, 0.25) is 11.8 Å². The van der Waals surface area contributed by atoms with Gasteiger partial charge < -0.3 is 10.6 Å². The summed E-state index contributed by atoms with van der Waals surface area (Å²) < 4.78 is 0. The first kappa shape index (κ1) is 16.2. The highest BCUT2D eigenvalue weighted by atomic mass is 16.2. The van der Waals surface area contributed by atoms with Crippen LogP contribution in [0.4, 0.5) is 11.4 Å². The predicted octanol–water partition coefficient (Wildman–Crippen LogP) is 2.64. The van der Waals surface area contributed by atoms with Crippen molar-refractivity contribution >= 4 is 23.2 Å². The van der Waals surface area contributed by atoms with Crippen LogP contribution in [0.15, 0.2) is 48.5 Å². The summed E-state index contributed by atoms with van der Waals surface area (Å²) in [5.41, 5.74) is 1.94. The first-order valence-corrected chi connectivity index (χ1v) is 7.73. The molecule has 2 unspecified atom stereocenters. The Morgan fingerprint density at radius 3 is 2.16 bits per heavy atom. The third-order valence-electron chi connectivity index (χ3n) is 4.05. The highest BCUT2D eigenvalue weighted by molar-refractivity contribution is 6.03. The van der Waals surface area contributed by atoms with Crippen LogP contribution in [0, 0.1) is 34.5 Å². The number of hydrogen-bond donors (Lipinski definition) is 2. The molecule has 0 bridgehead atoms. The molecule has 3 rings (SSSR count). The number of carbonyl (C=O) groups is 2. The average molecular weight is 330 g/mol. The lowest BCUT2D eigenvalue weighted by atomic mass is 10.2. The largest absolute Gasteiger partial charge is 0.326 e. The van der Waals surface area contributed by atoms with Gasteiger partial charge in [-0.3, -0.25) is 9.59 Å². The molecule has 2 amide bonds. The number of benzene rings is 2. The van der Waals surface area contributed by atoms with Gasteiger partial charge in [0.05, 0.1) is 34.7 Å². The van der Waals surface area contributed by atoms with E-state index < -0.39 is 5.92 Å². The smallest absolute Gasteiger partial charge is 0.228 e. The highest BCUT2D eigenvalue weighted by Gasteiger charge is 2.48. The van der Waals surface area contributed by atoms with E-state index >= 15 is 0 Å². The predicted molar refractivity (Wildman–Crippen MR) is 91.2 cm³/mol. The molecular formula is C19H14N4O2. The molecule has 0 radical (unpaired) electrons. The lowest BCUT2D eigenvalue weighted by molar-refractivity contribution is -0.122. The number of nitrogens with one attached hydrogen (secondary N) is 2. The molecule has 1 aliphatic carbocycles. The van der Waals surface area contributed by atoms with Crippen molar-refractivity contribution in [3.63, 3.8) is 0 Å². The molecule has 2 aromatic carbocycles. The first-order chi connectivity index (χ1) is 12.1. The van der Waals surface area contributed by atoms with Gasteiger partial charge in [-0.15, -0.1) is 0 Å². The van der Waals surface area contributed by atoms with Crippen molar-refractivity contribution in [2.45, 2.75) is 6.42 Å². The minimum atomic E-state index is -0.398. The van der Waals surface area contributed by atoms with Crippen LogP contribution in [0.3, 0.4) is 0 Å². The normalized spacial score (nSPS) is 17.7. The van der Waals surface area contributed by atoms with Crippen LogP contribution in [-0.2, 0) is 9.59 Å². The van der Waals surface area contributed by atoms with Crippen molar-refractivity contribution < 1.29 is 9.59 Å². The molecule has 2 atom stereocenters. The Balaban J connectivity index is 1.58. The van der Waals surface area contributed by atoms with Gasteiger partial charge in [0, 0.05) is 5.69 Å². The number of amides is 2. The molecule has 6 nitrogen and oxygen atoms in total. The highest BCUT2D eigenvalue weighted by Crippen LogP contribution is 2.40. The lowest BCUT2D eigenvalue weighted by Crippen LogP contribution is -2.20. The van der Waals surface area contributed by atoms with Crippen LogP contribution >= 0.6 is 0 Å². The second kappa shape index (κ2) is 6.86. The lowest BCUT2D eigenvalue weighted by Gasteiger charge is -2.07. The molecule has 0 heterocycles. The second-order valence-electron chi connectivity index (χ2n) is 5.77. The Kier molecular flexibility index (Phi) is 4.45. The molecule has 1 saturated carbocycles. The second-order valence-corrected chi connectivity index (χ2v) is 5.77. The van der Waals surface area contributed by atoms with Gasteiger partial charge >= 0.3 is 0 Å². The van der Waals surface area contributed by atoms with E-state index in [1.165, 1.54) is 0 Å². The SMILES string of the molecule is N#Cc1ccc(NC(=O)C2CC2C(=O)Nc2ccccc2C#N)cc1. The molecule has 0 spiro atoms. The summed E-state index contributed by atoms with van der Waals surface area (Å²) in [7, 11) is 0. The number of hydrogen-bond acceptors (Lipinski definition) is 4. The standard InChI is InChI=1S/C19H14N4O2/c20-10-12-5-7-14(8-6-12)22-18(24)15-9-16(15)19(25)23-17-4-2-1-3-13(17)11-21/h1-8,15-16H,9H2,(H,22,24)(H,23,25). The van der Waals surface area contributed by atoms with Gasteiger partial charge in [0.1, 0.15) is 6.07 Å². The number of carbonyl (C=O) groups excluding carboxylic acids is 2. The van der Waals surface area contributed by atoms with Crippen LogP contribution in [0.25, 0.3) is 0 Å². The monoisotopic (exact) mass is 330 g/mol. The zero-order chi connectivity index (χ0) is 17.8. The van der Waals surface area contributed by atoms with Crippen LogP contribution in [0.1, 0.15) is 17.5 Å². The minimum absolute atomic E-state index is 0.224. The van der Waals surface area contributed by atoms with Gasteiger partial charge in [-0.2, -0.15) is 10.5 Å². The number of rotatable bonds is 4. The number of nitrogens with zero attached hydrogens (tertiary/aromatic N) is 2. The Morgan fingerprint density at radius 1 is 0.880 bits per heavy atom. The molecule has 0 aliphatic heterocycles. The van der Waals surface area contributed by atoms with E-state index in [1.807, 2.05) is 12.1 Å². The summed E-state index contributed by atoms with van der Waals surface area (Å²) in [4.78, 5) is 24.5. The fraction of sp³-hybridized carbons (Fsp3) is 0.158. The molecule has 0 saturated heterocycles. The van der Waals surface area contributed by atoms with E-state index in [1.54, 1.807) is 48.5 Å². The third kappa shape index (κ3) is 3.65. The van der Waals surface area contributed by atoms with E-state index in [4.69, 9.17) is 10.5 Å². The Bertz CT molecular complexity index is 906. The van der Waals surface area contributed by atoms with Crippen molar-refractivity contribution in [3.05, 3.63) is 59.7 Å². The fourth-order valence-electron chi connectivity index (χ4n) is 2.55. The molecule has 1 fully saturated rings. The van der Waals surface area contributed by atoms with Crippen molar-refractivity contribution in [1.29, 1.82) is 10.5 Å². The zero-order valence-electron chi connectivity index (χ0n) is 13.2. The van der Waals surface area contributed by atoms with Gasteiger partial charge in [0.15, 0.2) is 0 Å². The topological polar surface area (TPSA) is 106 Å². The summed E-state index contributed by atoms with van der Waals surface area (Å²) in [5.74, 6) is -1.27. The van der Waals surface area contributed by atoms with Gasteiger partial charge in [-0.1, -0.05) is 12.1 Å². The van der Waals surface area contributed by atoms with E-state index in [2.05, 4.69) is 10.6 Å². The summed E-state index contributed by atoms with van der Waals surface area (Å²) in [6.45, 7) is 0. The van der Waals surface area contributed by atoms with Crippen molar-refractivity contribution in [1.82, 2.24) is 0 Å². The van der Waals surface area contributed by atoms with Gasteiger partial charge in [0.25, 0.3) is 0 Å². The maximum absolute atomic E-state index is 12.3. The van der Waals surface area contributed by atoms with E-state index in [0.29, 0.717) is 28.9 Å². The molecule has 2 aromatic rings. The van der Waals surface area contributed by atoms with Crippen LogP contribution in [0.5, 0.6) is 0 Å². The van der Waals surface area contributed by atoms with Crippen LogP contribution in [-0.4, -0.2) is 11.8 Å². The summed E-state index contributed by atoms with van der Waals surface area (Å²) in [5, 5.41) is 23.3. The van der Waals surface area contributed by atoms with Crippen molar-refractivity contribution in [2.24, 2.45) is 11.8 Å². The fourth-order valence-corrected chi connectivity index (χ4v) is 2.55. The summed E-state index contributed by atoms with van der Waals surface area (Å²) in [6.07, 6.45) is 0.475. The summed E-state index contributed by atoms with van der Waals surface area (Å²) in [6, 6.07) is 17.3. The third-order valence-corrected chi connectivity index (χ3v) is 4.05. The molecule has 0 aromatic heterocycles. The Labute approximate surface area is 144 Å². The quantitative estimate of drug-likeness (QED) is 0.898.